The first-order chi connectivity index (χ1) is 17.0. The molecule has 1 unspecified atom stereocenters. The number of benzene rings is 3. The summed E-state index contributed by atoms with van der Waals surface area (Å²) in [6, 6.07) is 23.4. The minimum Gasteiger partial charge on any atom is -0.368 e. The molecular weight excluding hydrogens is 443 g/mol. The highest BCUT2D eigenvalue weighted by molar-refractivity contribution is 6.06. The first-order valence-corrected chi connectivity index (χ1v) is 11.8. The molecule has 0 bridgehead atoms. The largest absolute Gasteiger partial charge is 0.368 e. The van der Waals surface area contributed by atoms with Gasteiger partial charge in [-0.25, -0.2) is 4.39 Å². The van der Waals surface area contributed by atoms with E-state index in [1.165, 1.54) is 6.07 Å². The van der Waals surface area contributed by atoms with Crippen molar-refractivity contribution in [2.75, 3.05) is 11.9 Å². The molecule has 1 aromatic heterocycles. The lowest BCUT2D eigenvalue weighted by molar-refractivity contribution is -0.122. The summed E-state index contributed by atoms with van der Waals surface area (Å²) in [4.78, 5) is 27.4. The maximum Gasteiger partial charge on any atom is 0.272 e. The Morgan fingerprint density at radius 2 is 1.66 bits per heavy atom. The number of likely N-dealkylation sites (tertiary alicyclic amines) is 1. The number of carbonyl (C=O) groups excluding carboxylic acids is 2. The van der Waals surface area contributed by atoms with Gasteiger partial charge in [-0.2, -0.15) is 0 Å². The van der Waals surface area contributed by atoms with Crippen LogP contribution in [0.2, 0.25) is 0 Å². The molecule has 1 aliphatic heterocycles. The van der Waals surface area contributed by atoms with Crippen LogP contribution in [0.5, 0.6) is 0 Å². The SMILES string of the molecule is NC(=O)C1CCCN1Cc1ccccc1NC(=O)c1cc2ccccc2n1Cc1ccccc1F. The number of nitrogens with zero attached hydrogens (tertiary/aromatic N) is 2. The van der Waals surface area contributed by atoms with E-state index in [-0.39, 0.29) is 30.2 Å². The third-order valence-electron chi connectivity index (χ3n) is 6.66. The molecule has 4 aromatic rings. The fraction of sp³-hybridized carbons (Fsp3) is 0.214. The number of nitrogens with two attached hydrogens (primary N) is 1. The van der Waals surface area contributed by atoms with Crippen molar-refractivity contribution in [1.82, 2.24) is 9.47 Å². The van der Waals surface area contributed by atoms with Crippen molar-refractivity contribution in [2.45, 2.75) is 32.0 Å². The molecule has 35 heavy (non-hydrogen) atoms. The van der Waals surface area contributed by atoms with Gasteiger partial charge >= 0.3 is 0 Å². The van der Waals surface area contributed by atoms with Crippen molar-refractivity contribution in [3.05, 3.63) is 102 Å². The number of aromatic nitrogens is 1. The van der Waals surface area contributed by atoms with E-state index in [0.29, 0.717) is 23.5 Å². The molecule has 3 aromatic carbocycles. The average Bonchev–Trinajstić information content (AvgIpc) is 3.47. The van der Waals surface area contributed by atoms with Crippen LogP contribution in [0.4, 0.5) is 10.1 Å². The van der Waals surface area contributed by atoms with Gasteiger partial charge in [0.15, 0.2) is 0 Å². The normalized spacial score (nSPS) is 16.0. The standard InChI is InChI=1S/C28H27FN4O2/c29-22-11-4-1-9-20(22)18-33-24-13-6-3-8-19(24)16-26(33)28(35)31-23-12-5-2-10-21(23)17-32-15-7-14-25(32)27(30)34/h1-6,8-13,16,25H,7,14-15,17-18H2,(H2,30,34)(H,31,35). The zero-order valence-corrected chi connectivity index (χ0v) is 19.3. The Labute approximate surface area is 203 Å². The first kappa shape index (κ1) is 22.8. The number of nitrogens with one attached hydrogen (secondary N) is 1. The van der Waals surface area contributed by atoms with Gasteiger partial charge in [0.2, 0.25) is 5.91 Å². The third kappa shape index (κ3) is 4.68. The summed E-state index contributed by atoms with van der Waals surface area (Å²) in [5.41, 5.74) is 8.98. The highest BCUT2D eigenvalue weighted by Gasteiger charge is 2.29. The third-order valence-corrected chi connectivity index (χ3v) is 6.66. The van der Waals surface area contributed by atoms with E-state index in [4.69, 9.17) is 5.73 Å². The average molecular weight is 471 g/mol. The van der Waals surface area contributed by atoms with Crippen LogP contribution in [-0.4, -0.2) is 33.9 Å². The van der Waals surface area contributed by atoms with Crippen molar-refractivity contribution in [1.29, 1.82) is 0 Å². The zero-order chi connectivity index (χ0) is 24.4. The number of carbonyl (C=O) groups is 2. The second-order valence-corrected chi connectivity index (χ2v) is 8.91. The topological polar surface area (TPSA) is 80.4 Å². The van der Waals surface area contributed by atoms with Gasteiger partial charge in [-0.05, 0) is 49.2 Å². The number of fused-ring (bicyclic) bond motifs is 1. The molecule has 1 aliphatic rings. The second-order valence-electron chi connectivity index (χ2n) is 8.91. The molecular formula is C28H27FN4O2. The fourth-order valence-corrected chi connectivity index (χ4v) is 4.89. The van der Waals surface area contributed by atoms with Crippen LogP contribution in [0.1, 0.15) is 34.5 Å². The maximum atomic E-state index is 14.4. The highest BCUT2D eigenvalue weighted by atomic mass is 19.1. The molecule has 2 heterocycles. The van der Waals surface area contributed by atoms with Gasteiger partial charge in [-0.15, -0.1) is 0 Å². The van der Waals surface area contributed by atoms with Crippen molar-refractivity contribution >= 4 is 28.4 Å². The molecule has 2 amide bonds. The molecule has 5 rings (SSSR count). The van der Waals surface area contributed by atoms with Crippen LogP contribution in [0.25, 0.3) is 10.9 Å². The summed E-state index contributed by atoms with van der Waals surface area (Å²) >= 11 is 0. The summed E-state index contributed by atoms with van der Waals surface area (Å²) in [5.74, 6) is -0.906. The van der Waals surface area contributed by atoms with Crippen LogP contribution in [0.3, 0.4) is 0 Å². The van der Waals surface area contributed by atoms with E-state index in [9.17, 15) is 14.0 Å². The Kier molecular flexibility index (Phi) is 6.33. The minimum atomic E-state index is -0.318. The van der Waals surface area contributed by atoms with E-state index in [0.717, 1.165) is 35.9 Å². The monoisotopic (exact) mass is 470 g/mol. The Morgan fingerprint density at radius 1 is 0.943 bits per heavy atom. The van der Waals surface area contributed by atoms with E-state index in [1.54, 1.807) is 18.2 Å². The smallest absolute Gasteiger partial charge is 0.272 e. The van der Waals surface area contributed by atoms with Gasteiger partial charge in [-0.3, -0.25) is 14.5 Å². The van der Waals surface area contributed by atoms with Gasteiger partial charge in [0.05, 0.1) is 12.6 Å². The predicted octanol–water partition coefficient (Wildman–Crippen LogP) is 4.53. The molecule has 7 heteroatoms. The molecule has 0 aliphatic carbocycles. The quantitative estimate of drug-likeness (QED) is 0.416. The van der Waals surface area contributed by atoms with Gasteiger partial charge in [0.1, 0.15) is 11.5 Å². The van der Waals surface area contributed by atoms with Crippen LogP contribution in [0, 0.1) is 5.82 Å². The lowest BCUT2D eigenvalue weighted by Crippen LogP contribution is -2.39. The Hall–Kier alpha value is -3.97. The number of amides is 2. The molecule has 1 fully saturated rings. The first-order valence-electron chi connectivity index (χ1n) is 11.8. The number of primary amides is 1. The van der Waals surface area contributed by atoms with Crippen LogP contribution >= 0.6 is 0 Å². The minimum absolute atomic E-state index is 0.235. The fourth-order valence-electron chi connectivity index (χ4n) is 4.89. The van der Waals surface area contributed by atoms with Crippen LogP contribution in [-0.2, 0) is 17.9 Å². The molecule has 0 saturated carbocycles. The van der Waals surface area contributed by atoms with Crippen molar-refractivity contribution in [3.8, 4) is 0 Å². The van der Waals surface area contributed by atoms with Gasteiger partial charge < -0.3 is 15.6 Å². The molecule has 1 atom stereocenters. The molecule has 3 N–H and O–H groups in total. The number of hydrogen-bond donors (Lipinski definition) is 2. The molecule has 6 nitrogen and oxygen atoms in total. The Bertz CT molecular complexity index is 1400. The number of para-hydroxylation sites is 2. The van der Waals surface area contributed by atoms with Crippen LogP contribution < -0.4 is 11.1 Å². The number of halogens is 1. The summed E-state index contributed by atoms with van der Waals surface area (Å²) in [5, 5.41) is 3.96. The maximum absolute atomic E-state index is 14.4. The van der Waals surface area contributed by atoms with E-state index < -0.39 is 0 Å². The number of rotatable bonds is 7. The predicted molar refractivity (Wildman–Crippen MR) is 134 cm³/mol. The Balaban J connectivity index is 1.45. The molecule has 0 spiro atoms. The second kappa shape index (κ2) is 9.72. The molecule has 0 radical (unpaired) electrons. The lowest BCUT2D eigenvalue weighted by atomic mass is 10.1. The molecule has 1 saturated heterocycles. The number of anilines is 1. The highest BCUT2D eigenvalue weighted by Crippen LogP contribution is 2.26. The number of hydrogen-bond acceptors (Lipinski definition) is 3. The van der Waals surface area contributed by atoms with Crippen molar-refractivity contribution in [3.63, 3.8) is 0 Å². The summed E-state index contributed by atoms with van der Waals surface area (Å²) in [6.45, 7) is 1.54. The zero-order valence-electron chi connectivity index (χ0n) is 19.3. The summed E-state index contributed by atoms with van der Waals surface area (Å²) in [6.07, 6.45) is 1.66. The summed E-state index contributed by atoms with van der Waals surface area (Å²) in [7, 11) is 0. The van der Waals surface area contributed by atoms with E-state index >= 15 is 0 Å². The van der Waals surface area contributed by atoms with Crippen molar-refractivity contribution < 1.29 is 14.0 Å². The van der Waals surface area contributed by atoms with Gasteiger partial charge in [0.25, 0.3) is 5.91 Å². The summed E-state index contributed by atoms with van der Waals surface area (Å²) < 4.78 is 16.3. The lowest BCUT2D eigenvalue weighted by Gasteiger charge is -2.23. The Morgan fingerprint density at radius 3 is 2.46 bits per heavy atom. The van der Waals surface area contributed by atoms with Crippen molar-refractivity contribution in [2.24, 2.45) is 5.73 Å². The van der Waals surface area contributed by atoms with Gasteiger partial charge in [0, 0.05) is 28.7 Å². The van der Waals surface area contributed by atoms with E-state index in [2.05, 4.69) is 10.2 Å². The molecule has 178 valence electrons. The van der Waals surface area contributed by atoms with Gasteiger partial charge in [-0.1, -0.05) is 54.6 Å². The van der Waals surface area contributed by atoms with Crippen LogP contribution in [0.15, 0.2) is 78.9 Å². The van der Waals surface area contributed by atoms with E-state index in [1.807, 2.05) is 59.2 Å².